The van der Waals surface area contributed by atoms with E-state index in [9.17, 15) is 14.9 Å². The summed E-state index contributed by atoms with van der Waals surface area (Å²) in [4.78, 5) is 26.8. The number of nitrogens with zero attached hydrogens (tertiary/aromatic N) is 2. The van der Waals surface area contributed by atoms with Crippen molar-refractivity contribution in [3.63, 3.8) is 0 Å². The molecule has 1 aromatic heterocycles. The smallest absolute Gasteiger partial charge is 0.346 e. The fraction of sp³-hybridized carbons (Fsp3) is 0.680. The zero-order valence-electron chi connectivity index (χ0n) is 19.1. The summed E-state index contributed by atoms with van der Waals surface area (Å²) in [6.07, 6.45) is 20.1. The monoisotopic (exact) mass is 430 g/mol. The molecule has 0 saturated heterocycles. The number of hydrogen-bond donors (Lipinski definition) is 0. The van der Waals surface area contributed by atoms with Crippen molar-refractivity contribution in [3.05, 3.63) is 44.6 Å². The predicted octanol–water partition coefficient (Wildman–Crippen LogP) is 7.51. The van der Waals surface area contributed by atoms with Crippen LogP contribution in [0.2, 0.25) is 0 Å². The van der Waals surface area contributed by atoms with Gasteiger partial charge in [-0.05, 0) is 12.5 Å². The molecule has 0 aliphatic heterocycles. The average molecular weight is 431 g/mol. The van der Waals surface area contributed by atoms with E-state index in [-0.39, 0.29) is 11.1 Å². The highest BCUT2D eigenvalue weighted by Crippen LogP contribution is 2.18. The molecule has 1 heterocycles. The van der Waals surface area contributed by atoms with E-state index in [2.05, 4.69) is 11.9 Å². The molecular weight excluding hydrogens is 392 g/mol. The number of nitro benzene ring substituents is 1. The molecule has 172 valence electrons. The molecule has 6 nitrogen and oxygen atoms in total. The fourth-order valence-electron chi connectivity index (χ4n) is 3.97. The molecule has 0 saturated carbocycles. The number of rotatable bonds is 17. The highest BCUT2D eigenvalue weighted by molar-refractivity contribution is 5.79. The van der Waals surface area contributed by atoms with Crippen molar-refractivity contribution < 1.29 is 9.34 Å². The van der Waals surface area contributed by atoms with Gasteiger partial charge in [-0.2, -0.15) is 0 Å². The van der Waals surface area contributed by atoms with Crippen LogP contribution < -0.4 is 5.63 Å². The number of unbranched alkanes of at least 4 members (excludes halogenated alkanes) is 14. The molecular formula is C25H38N2O4. The van der Waals surface area contributed by atoms with Crippen molar-refractivity contribution in [2.45, 2.75) is 110 Å². The first-order valence-corrected chi connectivity index (χ1v) is 12.2. The van der Waals surface area contributed by atoms with Gasteiger partial charge in [0.1, 0.15) is 0 Å². The van der Waals surface area contributed by atoms with Gasteiger partial charge >= 0.3 is 5.63 Å². The Morgan fingerprint density at radius 2 is 1.35 bits per heavy atom. The number of nitro groups is 1. The third-order valence-electron chi connectivity index (χ3n) is 5.86. The van der Waals surface area contributed by atoms with Gasteiger partial charge in [0.25, 0.3) is 5.69 Å². The Labute approximate surface area is 185 Å². The Bertz CT molecular complexity index is 847. The summed E-state index contributed by atoms with van der Waals surface area (Å²) in [5.41, 5.74) is -0.208. The van der Waals surface area contributed by atoms with Crippen molar-refractivity contribution in [3.8, 4) is 0 Å². The van der Waals surface area contributed by atoms with Crippen LogP contribution >= 0.6 is 0 Å². The molecule has 0 atom stereocenters. The maximum absolute atomic E-state index is 12.1. The van der Waals surface area contributed by atoms with Crippen molar-refractivity contribution in [1.82, 2.24) is 4.98 Å². The van der Waals surface area contributed by atoms with Crippen LogP contribution in [0.15, 0.2) is 27.4 Å². The number of fused-ring (bicyclic) bond motifs is 1. The maximum Gasteiger partial charge on any atom is 0.346 e. The van der Waals surface area contributed by atoms with E-state index in [4.69, 9.17) is 4.42 Å². The molecule has 0 amide bonds. The SMILES string of the molecule is CCCCCCCCCCCCCCCCCc1nc2cc([N+](=O)[O-])ccc2c(=O)o1. The van der Waals surface area contributed by atoms with Crippen LogP contribution in [0.25, 0.3) is 10.9 Å². The summed E-state index contributed by atoms with van der Waals surface area (Å²) >= 11 is 0. The van der Waals surface area contributed by atoms with E-state index in [1.807, 2.05) is 0 Å². The summed E-state index contributed by atoms with van der Waals surface area (Å²) in [5.74, 6) is 0.368. The molecule has 2 aromatic rings. The van der Waals surface area contributed by atoms with Gasteiger partial charge in [0.05, 0.1) is 15.8 Å². The van der Waals surface area contributed by atoms with Gasteiger partial charge in [-0.15, -0.1) is 0 Å². The standard InChI is InChI=1S/C25H38N2O4/c1-2-3-4-5-6-7-8-9-10-11-12-13-14-15-16-17-24-26-23-20-21(27(29)30)18-19-22(23)25(28)31-24/h18-20H,2-17H2,1H3. The van der Waals surface area contributed by atoms with E-state index < -0.39 is 10.5 Å². The topological polar surface area (TPSA) is 86.2 Å². The zero-order chi connectivity index (χ0) is 22.3. The second-order valence-corrected chi connectivity index (χ2v) is 8.55. The van der Waals surface area contributed by atoms with Gasteiger partial charge in [0, 0.05) is 18.6 Å². The first-order chi connectivity index (χ1) is 15.1. The van der Waals surface area contributed by atoms with Crippen LogP contribution in [-0.4, -0.2) is 9.91 Å². The van der Waals surface area contributed by atoms with Crippen molar-refractivity contribution in [2.24, 2.45) is 0 Å². The van der Waals surface area contributed by atoms with E-state index in [0.717, 1.165) is 12.8 Å². The van der Waals surface area contributed by atoms with Gasteiger partial charge in [0.2, 0.25) is 0 Å². The molecule has 0 aliphatic carbocycles. The highest BCUT2D eigenvalue weighted by atomic mass is 16.6. The molecule has 1 aromatic carbocycles. The lowest BCUT2D eigenvalue weighted by atomic mass is 10.0. The lowest BCUT2D eigenvalue weighted by Crippen LogP contribution is -2.05. The summed E-state index contributed by atoms with van der Waals surface area (Å²) in [5, 5.41) is 11.2. The molecule has 0 aliphatic rings. The Hall–Kier alpha value is -2.24. The Balaban J connectivity index is 1.53. The minimum atomic E-state index is -0.482. The molecule has 0 N–H and O–H groups in total. The van der Waals surface area contributed by atoms with E-state index in [1.54, 1.807) is 0 Å². The molecule has 0 radical (unpaired) electrons. The van der Waals surface area contributed by atoms with Crippen molar-refractivity contribution in [1.29, 1.82) is 0 Å². The number of aromatic nitrogens is 1. The van der Waals surface area contributed by atoms with Gasteiger partial charge in [0.15, 0.2) is 5.89 Å². The Morgan fingerprint density at radius 1 is 0.839 bits per heavy atom. The first-order valence-electron chi connectivity index (χ1n) is 12.2. The second-order valence-electron chi connectivity index (χ2n) is 8.55. The third-order valence-corrected chi connectivity index (χ3v) is 5.86. The van der Waals surface area contributed by atoms with Gasteiger partial charge in [-0.3, -0.25) is 10.1 Å². The molecule has 31 heavy (non-hydrogen) atoms. The minimum absolute atomic E-state index is 0.0662. The van der Waals surface area contributed by atoms with Crippen LogP contribution in [-0.2, 0) is 6.42 Å². The fourth-order valence-corrected chi connectivity index (χ4v) is 3.97. The Kier molecular flexibility index (Phi) is 11.9. The molecule has 6 heteroatoms. The summed E-state index contributed by atoms with van der Waals surface area (Å²) in [6, 6.07) is 4.04. The van der Waals surface area contributed by atoms with E-state index in [0.29, 0.717) is 17.8 Å². The maximum atomic E-state index is 12.1. The molecule has 0 bridgehead atoms. The molecule has 2 rings (SSSR count). The van der Waals surface area contributed by atoms with Crippen LogP contribution in [0.4, 0.5) is 5.69 Å². The number of hydrogen-bond acceptors (Lipinski definition) is 5. The van der Waals surface area contributed by atoms with E-state index >= 15 is 0 Å². The minimum Gasteiger partial charge on any atom is -0.408 e. The lowest BCUT2D eigenvalue weighted by molar-refractivity contribution is -0.384. The van der Waals surface area contributed by atoms with Crippen LogP contribution in [0, 0.1) is 10.1 Å². The Morgan fingerprint density at radius 3 is 1.87 bits per heavy atom. The quantitative estimate of drug-likeness (QED) is 0.147. The van der Waals surface area contributed by atoms with Gasteiger partial charge in [-0.25, -0.2) is 9.78 Å². The average Bonchev–Trinajstić information content (AvgIpc) is 2.76. The largest absolute Gasteiger partial charge is 0.408 e. The summed E-state index contributed by atoms with van der Waals surface area (Å²) in [7, 11) is 0. The van der Waals surface area contributed by atoms with E-state index in [1.165, 1.54) is 102 Å². The molecule has 0 unspecified atom stereocenters. The molecule has 0 spiro atoms. The lowest BCUT2D eigenvalue weighted by Gasteiger charge is -2.04. The molecule has 0 fully saturated rings. The van der Waals surface area contributed by atoms with Crippen LogP contribution in [0.5, 0.6) is 0 Å². The number of aryl methyl sites for hydroxylation is 1. The highest BCUT2D eigenvalue weighted by Gasteiger charge is 2.11. The predicted molar refractivity (Wildman–Crippen MR) is 126 cm³/mol. The van der Waals surface area contributed by atoms with Gasteiger partial charge in [-0.1, -0.05) is 96.8 Å². The summed E-state index contributed by atoms with van der Waals surface area (Å²) in [6.45, 7) is 2.26. The number of benzene rings is 1. The third kappa shape index (κ3) is 9.62. The van der Waals surface area contributed by atoms with Crippen LogP contribution in [0.3, 0.4) is 0 Å². The zero-order valence-corrected chi connectivity index (χ0v) is 19.1. The number of non-ortho nitro benzene ring substituents is 1. The van der Waals surface area contributed by atoms with Gasteiger partial charge < -0.3 is 4.42 Å². The second kappa shape index (κ2) is 14.7. The summed E-state index contributed by atoms with van der Waals surface area (Å²) < 4.78 is 5.27. The first kappa shape index (κ1) is 25.0. The van der Waals surface area contributed by atoms with Crippen LogP contribution in [0.1, 0.15) is 109 Å². The normalized spacial score (nSPS) is 11.3. The van der Waals surface area contributed by atoms with Crippen molar-refractivity contribution >= 4 is 16.6 Å². The van der Waals surface area contributed by atoms with Crippen molar-refractivity contribution in [2.75, 3.05) is 0 Å².